The summed E-state index contributed by atoms with van der Waals surface area (Å²) < 4.78 is 0. The molecular formula is C27H41NOS. The van der Waals surface area contributed by atoms with Crippen LogP contribution < -0.4 is 4.90 Å². The molecule has 1 atom stereocenters. The van der Waals surface area contributed by atoms with Gasteiger partial charge in [0.05, 0.1) is 0 Å². The average Bonchev–Trinajstić information content (AvgIpc) is 2.70. The lowest BCUT2D eigenvalue weighted by Gasteiger charge is -2.37. The van der Waals surface area contributed by atoms with Gasteiger partial charge in [0.25, 0.3) is 0 Å². The zero-order valence-electron chi connectivity index (χ0n) is 19.8. The predicted molar refractivity (Wildman–Crippen MR) is 135 cm³/mol. The number of aromatic hydroxyl groups is 1. The fourth-order valence-corrected chi connectivity index (χ4v) is 4.12. The molecule has 3 heteroatoms. The standard InChI is InChI=1S/C27H41NOS/c1-7-27(5,6)19-24(26(2,3)4)21-14-15-25(29)22(18-21)20-28(16-11-17-30)23-12-9-8-10-13-23/h8-10,12-15,18,24,29-30H,7,11,16-17,19-20H2,1-6H3. The minimum atomic E-state index is 0.159. The summed E-state index contributed by atoms with van der Waals surface area (Å²) in [4.78, 5) is 2.34. The lowest BCUT2D eigenvalue weighted by atomic mass is 9.68. The van der Waals surface area contributed by atoms with Crippen LogP contribution in [0.25, 0.3) is 0 Å². The highest BCUT2D eigenvalue weighted by Crippen LogP contribution is 2.45. The molecule has 0 radical (unpaired) electrons. The Bertz CT molecular complexity index is 779. The Balaban J connectivity index is 2.38. The number of nitrogens with zero attached hydrogens (tertiary/aromatic N) is 1. The van der Waals surface area contributed by atoms with Crippen LogP contribution in [0.15, 0.2) is 48.5 Å². The first kappa shape index (κ1) is 24.7. The van der Waals surface area contributed by atoms with E-state index in [1.807, 2.05) is 12.1 Å². The summed E-state index contributed by atoms with van der Waals surface area (Å²) in [7, 11) is 0. The Morgan fingerprint density at radius 3 is 2.23 bits per heavy atom. The number of phenolic OH excluding ortho intramolecular Hbond substituents is 1. The SMILES string of the molecule is CCC(C)(C)CC(c1ccc(O)c(CN(CCCS)c2ccccc2)c1)C(C)(C)C. The van der Waals surface area contributed by atoms with Gasteiger partial charge in [0.2, 0.25) is 0 Å². The van der Waals surface area contributed by atoms with Crippen LogP contribution in [0.1, 0.15) is 77.8 Å². The molecule has 0 amide bonds. The predicted octanol–water partition coefficient (Wildman–Crippen LogP) is 7.67. The second-order valence-corrected chi connectivity index (χ2v) is 10.8. The molecule has 0 heterocycles. The van der Waals surface area contributed by atoms with Crippen LogP contribution >= 0.6 is 12.6 Å². The number of phenols is 1. The lowest BCUT2D eigenvalue weighted by molar-refractivity contribution is 0.209. The molecule has 30 heavy (non-hydrogen) atoms. The fraction of sp³-hybridized carbons (Fsp3) is 0.556. The average molecular weight is 428 g/mol. The third-order valence-corrected chi connectivity index (χ3v) is 6.65. The first-order valence-corrected chi connectivity index (χ1v) is 11.9. The Kier molecular flexibility index (Phi) is 8.73. The van der Waals surface area contributed by atoms with Gasteiger partial charge >= 0.3 is 0 Å². The van der Waals surface area contributed by atoms with Gasteiger partial charge in [0.15, 0.2) is 0 Å². The van der Waals surface area contributed by atoms with Crippen LogP contribution in [0, 0.1) is 10.8 Å². The second kappa shape index (κ2) is 10.6. The van der Waals surface area contributed by atoms with Crippen LogP contribution in [0.3, 0.4) is 0 Å². The van der Waals surface area contributed by atoms with Crippen molar-refractivity contribution in [2.45, 2.75) is 73.3 Å². The molecule has 2 rings (SSSR count). The van der Waals surface area contributed by atoms with Crippen molar-refractivity contribution in [1.29, 1.82) is 0 Å². The quantitative estimate of drug-likeness (QED) is 0.380. The Hall–Kier alpha value is -1.61. The lowest BCUT2D eigenvalue weighted by Crippen LogP contribution is -2.26. The third kappa shape index (κ3) is 6.97. The zero-order chi connectivity index (χ0) is 22.4. The van der Waals surface area contributed by atoms with Crippen LogP contribution in [-0.4, -0.2) is 17.4 Å². The maximum absolute atomic E-state index is 10.7. The van der Waals surface area contributed by atoms with Crippen molar-refractivity contribution < 1.29 is 5.11 Å². The van der Waals surface area contributed by atoms with E-state index in [0.29, 0.717) is 23.6 Å². The van der Waals surface area contributed by atoms with E-state index in [4.69, 9.17) is 0 Å². The first-order valence-electron chi connectivity index (χ1n) is 11.3. The number of hydrogen-bond donors (Lipinski definition) is 2. The molecule has 0 spiro atoms. The summed E-state index contributed by atoms with van der Waals surface area (Å²) in [5, 5.41) is 10.7. The number of rotatable bonds is 10. The molecule has 2 aromatic rings. The van der Waals surface area contributed by atoms with E-state index in [2.05, 4.69) is 95.5 Å². The summed E-state index contributed by atoms with van der Waals surface area (Å²) in [6.07, 6.45) is 3.31. The highest BCUT2D eigenvalue weighted by atomic mass is 32.1. The van der Waals surface area contributed by atoms with Crippen molar-refractivity contribution >= 4 is 18.3 Å². The molecule has 0 bridgehead atoms. The van der Waals surface area contributed by atoms with E-state index in [1.165, 1.54) is 11.3 Å². The molecule has 2 aromatic carbocycles. The van der Waals surface area contributed by atoms with Gasteiger partial charge in [-0.05, 0) is 59.1 Å². The van der Waals surface area contributed by atoms with E-state index in [0.717, 1.165) is 37.1 Å². The van der Waals surface area contributed by atoms with Crippen molar-refractivity contribution in [2.24, 2.45) is 10.8 Å². The highest BCUT2D eigenvalue weighted by molar-refractivity contribution is 7.80. The highest BCUT2D eigenvalue weighted by Gasteiger charge is 2.32. The van der Waals surface area contributed by atoms with Crippen LogP contribution in [0.5, 0.6) is 5.75 Å². The van der Waals surface area contributed by atoms with Crippen molar-refractivity contribution in [3.8, 4) is 5.75 Å². The minimum absolute atomic E-state index is 0.159. The molecule has 0 aliphatic heterocycles. The molecule has 0 fully saturated rings. The monoisotopic (exact) mass is 427 g/mol. The summed E-state index contributed by atoms with van der Waals surface area (Å²) in [6.45, 7) is 15.6. The van der Waals surface area contributed by atoms with Gasteiger partial charge in [-0.2, -0.15) is 12.6 Å². The Labute approximate surface area is 190 Å². The van der Waals surface area contributed by atoms with Gasteiger partial charge in [-0.15, -0.1) is 0 Å². The van der Waals surface area contributed by atoms with Crippen molar-refractivity contribution in [2.75, 3.05) is 17.2 Å². The van der Waals surface area contributed by atoms with E-state index >= 15 is 0 Å². The molecule has 0 saturated heterocycles. The smallest absolute Gasteiger partial charge is 0.120 e. The maximum atomic E-state index is 10.7. The van der Waals surface area contributed by atoms with E-state index < -0.39 is 0 Å². The molecule has 0 aliphatic rings. The van der Waals surface area contributed by atoms with Crippen LogP contribution in [0.4, 0.5) is 5.69 Å². The van der Waals surface area contributed by atoms with Crippen LogP contribution in [-0.2, 0) is 6.54 Å². The molecule has 1 N–H and O–H groups in total. The normalized spacial score (nSPS) is 13.3. The molecular weight excluding hydrogens is 386 g/mol. The van der Waals surface area contributed by atoms with Gasteiger partial charge in [-0.3, -0.25) is 0 Å². The molecule has 0 aliphatic carbocycles. The van der Waals surface area contributed by atoms with Crippen molar-refractivity contribution in [1.82, 2.24) is 0 Å². The molecule has 1 unspecified atom stereocenters. The second-order valence-electron chi connectivity index (χ2n) is 10.4. The Morgan fingerprint density at radius 2 is 1.67 bits per heavy atom. The number of thiol groups is 1. The van der Waals surface area contributed by atoms with Gasteiger partial charge < -0.3 is 10.0 Å². The Morgan fingerprint density at radius 1 is 1.00 bits per heavy atom. The third-order valence-electron chi connectivity index (χ3n) is 6.33. The van der Waals surface area contributed by atoms with Gasteiger partial charge in [-0.1, -0.05) is 78.3 Å². The minimum Gasteiger partial charge on any atom is -0.508 e. The first-order chi connectivity index (χ1) is 14.1. The van der Waals surface area contributed by atoms with E-state index in [-0.39, 0.29) is 5.41 Å². The maximum Gasteiger partial charge on any atom is 0.120 e. The molecule has 0 saturated carbocycles. The topological polar surface area (TPSA) is 23.5 Å². The number of benzene rings is 2. The van der Waals surface area contributed by atoms with Gasteiger partial charge in [0, 0.05) is 24.3 Å². The number of para-hydroxylation sites is 1. The summed E-state index contributed by atoms with van der Waals surface area (Å²) >= 11 is 4.40. The van der Waals surface area contributed by atoms with E-state index in [1.54, 1.807) is 0 Å². The zero-order valence-corrected chi connectivity index (χ0v) is 20.7. The summed E-state index contributed by atoms with van der Waals surface area (Å²) in [6, 6.07) is 16.7. The van der Waals surface area contributed by atoms with Gasteiger partial charge in [0.1, 0.15) is 5.75 Å². The number of anilines is 1. The van der Waals surface area contributed by atoms with Gasteiger partial charge in [-0.25, -0.2) is 0 Å². The van der Waals surface area contributed by atoms with Crippen molar-refractivity contribution in [3.05, 3.63) is 59.7 Å². The van der Waals surface area contributed by atoms with Crippen molar-refractivity contribution in [3.63, 3.8) is 0 Å². The van der Waals surface area contributed by atoms with E-state index in [9.17, 15) is 5.11 Å². The van der Waals surface area contributed by atoms with Crippen LogP contribution in [0.2, 0.25) is 0 Å². The summed E-state index contributed by atoms with van der Waals surface area (Å²) in [5.74, 6) is 1.68. The molecule has 0 aromatic heterocycles. The molecule has 166 valence electrons. The largest absolute Gasteiger partial charge is 0.508 e. The fourth-order valence-electron chi connectivity index (χ4n) is 3.98. The summed E-state index contributed by atoms with van der Waals surface area (Å²) in [5.41, 5.74) is 3.96. The molecule has 2 nitrogen and oxygen atoms in total. The number of hydrogen-bond acceptors (Lipinski definition) is 3.